The summed E-state index contributed by atoms with van der Waals surface area (Å²) in [5, 5.41) is 12.7. The predicted octanol–water partition coefficient (Wildman–Crippen LogP) is 4.42. The minimum Gasteiger partial charge on any atom is -0.438 e. The van der Waals surface area contributed by atoms with E-state index in [9.17, 15) is 0 Å². The Kier molecular flexibility index (Phi) is 6.52. The molecule has 7 heteroatoms. The highest BCUT2D eigenvalue weighted by Gasteiger charge is 2.20. The van der Waals surface area contributed by atoms with Gasteiger partial charge in [-0.05, 0) is 73.7 Å². The molecule has 32 heavy (non-hydrogen) atoms. The molecule has 0 spiro atoms. The Bertz CT molecular complexity index is 1090. The van der Waals surface area contributed by atoms with Gasteiger partial charge in [0.25, 0.3) is 0 Å². The second-order valence-corrected chi connectivity index (χ2v) is 8.29. The average molecular weight is 429 g/mol. The molecule has 1 fully saturated rings. The molecular formula is C25H28N6O. The van der Waals surface area contributed by atoms with Crippen LogP contribution in [0.3, 0.4) is 0 Å². The standard InChI is InChI=1S/C25H28N6O/c1-17-13-20(15-26)14-18(2)24(17)32-23-4-3-22(27)25(30-23)29-21-7-11-31(12-8-21)16-19-5-9-28-10-6-19/h3-6,9-10,13-14,21H,7-8,11-12,16,27H2,1-2H3,(H,29,30). The Balaban J connectivity index is 1.39. The lowest BCUT2D eigenvalue weighted by Crippen LogP contribution is -2.38. The fraction of sp³-hybridized carbons (Fsp3) is 0.320. The number of nitrogens with two attached hydrogens (primary N) is 1. The number of hydrogen-bond acceptors (Lipinski definition) is 7. The van der Waals surface area contributed by atoms with Gasteiger partial charge in [-0.1, -0.05) is 0 Å². The summed E-state index contributed by atoms with van der Waals surface area (Å²) in [6.45, 7) is 6.83. The predicted molar refractivity (Wildman–Crippen MR) is 126 cm³/mol. The molecule has 0 radical (unpaired) electrons. The first-order valence-electron chi connectivity index (χ1n) is 10.9. The first kappa shape index (κ1) is 21.6. The van der Waals surface area contributed by atoms with Gasteiger partial charge < -0.3 is 15.8 Å². The zero-order valence-corrected chi connectivity index (χ0v) is 18.5. The quantitative estimate of drug-likeness (QED) is 0.599. The number of nitrogens with one attached hydrogen (secondary N) is 1. The van der Waals surface area contributed by atoms with Gasteiger partial charge >= 0.3 is 0 Å². The van der Waals surface area contributed by atoms with Gasteiger partial charge in [0.05, 0.1) is 17.3 Å². The van der Waals surface area contributed by atoms with Crippen LogP contribution in [-0.4, -0.2) is 34.0 Å². The maximum Gasteiger partial charge on any atom is 0.221 e. The Morgan fingerprint density at radius 3 is 2.47 bits per heavy atom. The van der Waals surface area contributed by atoms with E-state index in [1.54, 1.807) is 6.07 Å². The number of likely N-dealkylation sites (tertiary alicyclic amines) is 1. The van der Waals surface area contributed by atoms with Gasteiger partial charge in [0.1, 0.15) is 5.75 Å². The monoisotopic (exact) mass is 428 g/mol. The molecule has 0 amide bonds. The van der Waals surface area contributed by atoms with E-state index < -0.39 is 0 Å². The van der Waals surface area contributed by atoms with E-state index in [0.717, 1.165) is 49.4 Å². The number of aromatic nitrogens is 2. The average Bonchev–Trinajstić information content (AvgIpc) is 2.80. The van der Waals surface area contributed by atoms with Crippen LogP contribution in [0.5, 0.6) is 11.6 Å². The molecule has 3 heterocycles. The SMILES string of the molecule is Cc1cc(C#N)cc(C)c1Oc1ccc(N)c(NC2CCN(Cc3ccncc3)CC2)n1. The van der Waals surface area contributed by atoms with Gasteiger partial charge in [-0.3, -0.25) is 9.88 Å². The van der Waals surface area contributed by atoms with E-state index in [2.05, 4.69) is 38.4 Å². The normalized spacial score (nSPS) is 14.7. The van der Waals surface area contributed by atoms with Crippen molar-refractivity contribution in [1.29, 1.82) is 5.26 Å². The summed E-state index contributed by atoms with van der Waals surface area (Å²) >= 11 is 0. The summed E-state index contributed by atoms with van der Waals surface area (Å²) in [6.07, 6.45) is 5.72. The van der Waals surface area contributed by atoms with Crippen molar-refractivity contribution in [2.75, 3.05) is 24.1 Å². The molecule has 0 unspecified atom stereocenters. The third-order valence-electron chi connectivity index (χ3n) is 5.78. The molecule has 0 atom stereocenters. The maximum atomic E-state index is 9.15. The minimum atomic E-state index is 0.312. The van der Waals surface area contributed by atoms with Gasteiger partial charge in [-0.25, -0.2) is 0 Å². The molecule has 4 rings (SSSR count). The van der Waals surface area contributed by atoms with E-state index in [-0.39, 0.29) is 0 Å². The second-order valence-electron chi connectivity index (χ2n) is 8.29. The minimum absolute atomic E-state index is 0.312. The third-order valence-corrected chi connectivity index (χ3v) is 5.78. The Labute approximate surface area is 188 Å². The first-order valence-corrected chi connectivity index (χ1v) is 10.9. The lowest BCUT2D eigenvalue weighted by molar-refractivity contribution is 0.211. The third kappa shape index (κ3) is 5.16. The van der Waals surface area contributed by atoms with E-state index >= 15 is 0 Å². The van der Waals surface area contributed by atoms with Crippen LogP contribution in [0, 0.1) is 25.2 Å². The number of rotatable bonds is 6. The Hall–Kier alpha value is -3.63. The smallest absolute Gasteiger partial charge is 0.221 e. The number of hydrogen-bond donors (Lipinski definition) is 2. The molecule has 3 aromatic rings. The second kappa shape index (κ2) is 9.67. The van der Waals surface area contributed by atoms with Gasteiger partial charge in [0, 0.05) is 44.1 Å². The molecule has 0 bridgehead atoms. The van der Waals surface area contributed by atoms with E-state index in [0.29, 0.717) is 29.0 Å². The molecule has 1 aliphatic heterocycles. The van der Waals surface area contributed by atoms with Crippen LogP contribution < -0.4 is 15.8 Å². The van der Waals surface area contributed by atoms with E-state index in [1.807, 2.05) is 44.4 Å². The van der Waals surface area contributed by atoms with Crippen molar-refractivity contribution >= 4 is 11.5 Å². The number of ether oxygens (including phenoxy) is 1. The number of nitriles is 1. The summed E-state index contributed by atoms with van der Waals surface area (Å²) in [6, 6.07) is 13.8. The summed E-state index contributed by atoms with van der Waals surface area (Å²) < 4.78 is 6.08. The highest BCUT2D eigenvalue weighted by atomic mass is 16.5. The number of piperidine rings is 1. The number of anilines is 2. The molecule has 7 nitrogen and oxygen atoms in total. The van der Waals surface area contributed by atoms with Crippen LogP contribution in [-0.2, 0) is 6.54 Å². The van der Waals surface area contributed by atoms with Crippen molar-refractivity contribution in [2.24, 2.45) is 0 Å². The van der Waals surface area contributed by atoms with Crippen molar-refractivity contribution in [2.45, 2.75) is 39.3 Å². The molecule has 1 aromatic carbocycles. The molecule has 1 aliphatic rings. The molecule has 3 N–H and O–H groups in total. The van der Waals surface area contributed by atoms with E-state index in [1.165, 1.54) is 5.56 Å². The molecule has 164 valence electrons. The highest BCUT2D eigenvalue weighted by Crippen LogP contribution is 2.31. The van der Waals surface area contributed by atoms with Gasteiger partial charge in [0.15, 0.2) is 5.82 Å². The summed E-state index contributed by atoms with van der Waals surface area (Å²) in [7, 11) is 0. The first-order chi connectivity index (χ1) is 15.5. The van der Waals surface area contributed by atoms with Crippen LogP contribution in [0.25, 0.3) is 0 Å². The number of benzene rings is 1. The molecule has 1 saturated heterocycles. The summed E-state index contributed by atoms with van der Waals surface area (Å²) in [5.41, 5.74) is 10.5. The molecule has 0 saturated carbocycles. The zero-order valence-electron chi connectivity index (χ0n) is 18.5. The fourth-order valence-electron chi connectivity index (χ4n) is 4.08. The van der Waals surface area contributed by atoms with Gasteiger partial charge in [0.2, 0.25) is 5.88 Å². The highest BCUT2D eigenvalue weighted by molar-refractivity contribution is 5.62. The lowest BCUT2D eigenvalue weighted by Gasteiger charge is -2.32. The molecule has 2 aromatic heterocycles. The van der Waals surface area contributed by atoms with Crippen LogP contribution in [0.15, 0.2) is 48.8 Å². The number of nitrogen functional groups attached to an aromatic ring is 1. The Morgan fingerprint density at radius 2 is 1.81 bits per heavy atom. The molecular weight excluding hydrogens is 400 g/mol. The largest absolute Gasteiger partial charge is 0.438 e. The fourth-order valence-corrected chi connectivity index (χ4v) is 4.08. The topological polar surface area (TPSA) is 100 Å². The molecule has 0 aliphatic carbocycles. The number of pyridine rings is 2. The van der Waals surface area contributed by atoms with Gasteiger partial charge in [-0.15, -0.1) is 0 Å². The summed E-state index contributed by atoms with van der Waals surface area (Å²) in [5.74, 6) is 1.85. The zero-order chi connectivity index (χ0) is 22.5. The van der Waals surface area contributed by atoms with Crippen molar-refractivity contribution < 1.29 is 4.74 Å². The number of aryl methyl sites for hydroxylation is 2. The van der Waals surface area contributed by atoms with E-state index in [4.69, 9.17) is 15.7 Å². The van der Waals surface area contributed by atoms with Crippen LogP contribution in [0.2, 0.25) is 0 Å². The van der Waals surface area contributed by atoms with Crippen molar-refractivity contribution in [3.05, 3.63) is 71.0 Å². The Morgan fingerprint density at radius 1 is 1.12 bits per heavy atom. The van der Waals surface area contributed by atoms with Crippen LogP contribution in [0.4, 0.5) is 11.5 Å². The summed E-state index contributed by atoms with van der Waals surface area (Å²) in [4.78, 5) is 11.2. The number of nitrogens with zero attached hydrogens (tertiary/aromatic N) is 4. The van der Waals surface area contributed by atoms with Gasteiger partial charge in [-0.2, -0.15) is 10.2 Å². The van der Waals surface area contributed by atoms with Crippen LogP contribution >= 0.6 is 0 Å². The maximum absolute atomic E-state index is 9.15. The van der Waals surface area contributed by atoms with Crippen molar-refractivity contribution in [3.63, 3.8) is 0 Å². The van der Waals surface area contributed by atoms with Crippen molar-refractivity contribution in [1.82, 2.24) is 14.9 Å². The van der Waals surface area contributed by atoms with Crippen molar-refractivity contribution in [3.8, 4) is 17.7 Å². The lowest BCUT2D eigenvalue weighted by atomic mass is 10.0. The van der Waals surface area contributed by atoms with Crippen LogP contribution in [0.1, 0.15) is 35.1 Å².